The molecule has 162 valence electrons. The van der Waals surface area contributed by atoms with Gasteiger partial charge in [0.05, 0.1) is 5.75 Å². The van der Waals surface area contributed by atoms with Crippen molar-refractivity contribution in [2.24, 2.45) is 0 Å². The molecule has 0 saturated carbocycles. The van der Waals surface area contributed by atoms with E-state index >= 15 is 0 Å². The second kappa shape index (κ2) is 10.5. The van der Waals surface area contributed by atoms with Gasteiger partial charge in [0.1, 0.15) is 12.4 Å². The summed E-state index contributed by atoms with van der Waals surface area (Å²) in [4.78, 5) is 12.3. The van der Waals surface area contributed by atoms with Crippen LogP contribution in [0.1, 0.15) is 5.82 Å². The first-order valence-corrected chi connectivity index (χ1v) is 11.7. The van der Waals surface area contributed by atoms with E-state index in [0.29, 0.717) is 17.5 Å². The largest absolute Gasteiger partial charge is 0.486 e. The Morgan fingerprint density at radius 2 is 1.88 bits per heavy atom. The highest BCUT2D eigenvalue weighted by molar-refractivity contribution is 9.10. The number of halogens is 1. The predicted molar refractivity (Wildman–Crippen MR) is 132 cm³/mol. The highest BCUT2D eigenvalue weighted by Gasteiger charge is 2.14. The number of amides is 1. The Balaban J connectivity index is 1.39. The molecule has 4 rings (SSSR count). The zero-order chi connectivity index (χ0) is 22.3. The third-order valence-corrected chi connectivity index (χ3v) is 6.15. The highest BCUT2D eigenvalue weighted by Crippen LogP contribution is 2.23. The first kappa shape index (κ1) is 22.1. The highest BCUT2D eigenvalue weighted by atomic mass is 79.9. The van der Waals surface area contributed by atoms with E-state index in [1.165, 1.54) is 11.8 Å². The molecule has 8 heteroatoms. The lowest BCUT2D eigenvalue weighted by Crippen LogP contribution is -2.15. The molecule has 0 saturated heterocycles. The molecule has 0 aliphatic heterocycles. The summed E-state index contributed by atoms with van der Waals surface area (Å²) in [5.74, 6) is 1.55. The van der Waals surface area contributed by atoms with Gasteiger partial charge in [-0.3, -0.25) is 9.36 Å². The van der Waals surface area contributed by atoms with Crippen LogP contribution in [0.5, 0.6) is 5.75 Å². The van der Waals surface area contributed by atoms with E-state index < -0.39 is 0 Å². The van der Waals surface area contributed by atoms with Crippen molar-refractivity contribution < 1.29 is 9.53 Å². The van der Waals surface area contributed by atoms with Crippen molar-refractivity contribution in [2.45, 2.75) is 18.3 Å². The summed E-state index contributed by atoms with van der Waals surface area (Å²) < 4.78 is 8.83. The maximum absolute atomic E-state index is 12.3. The molecule has 1 heterocycles. The van der Waals surface area contributed by atoms with Crippen LogP contribution in [0.3, 0.4) is 0 Å². The lowest BCUT2D eigenvalue weighted by molar-refractivity contribution is -0.113. The normalized spacial score (nSPS) is 10.8. The predicted octanol–water partition coefficient (Wildman–Crippen LogP) is 5.69. The maximum atomic E-state index is 12.3. The molecule has 0 aliphatic carbocycles. The van der Waals surface area contributed by atoms with Gasteiger partial charge in [-0.05, 0) is 47.2 Å². The van der Waals surface area contributed by atoms with Crippen molar-refractivity contribution in [1.29, 1.82) is 0 Å². The van der Waals surface area contributed by atoms with E-state index in [1.807, 2.05) is 59.2 Å². The number of ether oxygens (including phenoxy) is 1. The maximum Gasteiger partial charge on any atom is 0.234 e. The molecule has 4 aromatic rings. The Bertz CT molecular complexity index is 1240. The average molecular weight is 509 g/mol. The number of benzene rings is 3. The standard InChI is InChI=1S/C24H21BrN4O2S/c1-2-13-29-22(15-31-21-12-7-17-5-3-4-6-18(17)14-21)27-28-24(29)32-16-23(30)26-20-10-8-19(25)9-11-20/h2-12,14H,1,13,15-16H2,(H,26,30). The topological polar surface area (TPSA) is 69.0 Å². The fourth-order valence-electron chi connectivity index (χ4n) is 3.11. The molecule has 0 radical (unpaired) electrons. The van der Waals surface area contributed by atoms with Crippen LogP contribution in [0.25, 0.3) is 10.8 Å². The fraction of sp³-hybridized carbons (Fsp3) is 0.125. The summed E-state index contributed by atoms with van der Waals surface area (Å²) >= 11 is 4.71. The summed E-state index contributed by atoms with van der Waals surface area (Å²) in [6.45, 7) is 4.62. The van der Waals surface area contributed by atoms with E-state index in [4.69, 9.17) is 4.74 Å². The van der Waals surface area contributed by atoms with Crippen molar-refractivity contribution in [3.63, 3.8) is 0 Å². The summed E-state index contributed by atoms with van der Waals surface area (Å²) in [7, 11) is 0. The first-order valence-electron chi connectivity index (χ1n) is 9.95. The number of nitrogens with one attached hydrogen (secondary N) is 1. The second-order valence-electron chi connectivity index (χ2n) is 6.94. The third kappa shape index (κ3) is 5.57. The van der Waals surface area contributed by atoms with Crippen molar-refractivity contribution in [3.8, 4) is 5.75 Å². The van der Waals surface area contributed by atoms with Crippen molar-refractivity contribution in [3.05, 3.63) is 89.7 Å². The van der Waals surface area contributed by atoms with Gasteiger partial charge in [-0.2, -0.15) is 0 Å². The number of hydrogen-bond donors (Lipinski definition) is 1. The van der Waals surface area contributed by atoms with Gasteiger partial charge in [-0.15, -0.1) is 16.8 Å². The van der Waals surface area contributed by atoms with E-state index in [9.17, 15) is 4.79 Å². The summed E-state index contributed by atoms with van der Waals surface area (Å²) in [6, 6.07) is 21.6. The molecule has 1 aromatic heterocycles. The SMILES string of the molecule is C=CCn1c(COc2ccc3ccccc3c2)nnc1SCC(=O)Nc1ccc(Br)cc1. The van der Waals surface area contributed by atoms with Crippen LogP contribution in [-0.4, -0.2) is 26.4 Å². The third-order valence-electron chi connectivity index (χ3n) is 4.65. The smallest absolute Gasteiger partial charge is 0.234 e. The van der Waals surface area contributed by atoms with Gasteiger partial charge in [0.2, 0.25) is 5.91 Å². The van der Waals surface area contributed by atoms with E-state index in [0.717, 1.165) is 26.7 Å². The zero-order valence-electron chi connectivity index (χ0n) is 17.2. The molecule has 0 atom stereocenters. The number of carbonyl (C=O) groups excluding carboxylic acids is 1. The summed E-state index contributed by atoms with van der Waals surface area (Å²) in [5.41, 5.74) is 0.746. The van der Waals surface area contributed by atoms with Crippen molar-refractivity contribution >= 4 is 50.1 Å². The van der Waals surface area contributed by atoms with Gasteiger partial charge in [0.25, 0.3) is 0 Å². The Hall–Kier alpha value is -3.10. The van der Waals surface area contributed by atoms with Crippen LogP contribution in [-0.2, 0) is 17.9 Å². The van der Waals surface area contributed by atoms with Crippen LogP contribution in [0.2, 0.25) is 0 Å². The minimum Gasteiger partial charge on any atom is -0.486 e. The lowest BCUT2D eigenvalue weighted by atomic mass is 10.1. The number of carbonyl (C=O) groups is 1. The van der Waals surface area contributed by atoms with E-state index in [-0.39, 0.29) is 18.3 Å². The molecule has 0 aliphatic rings. The second-order valence-corrected chi connectivity index (χ2v) is 8.80. The molecule has 1 amide bonds. The van der Waals surface area contributed by atoms with Crippen LogP contribution >= 0.6 is 27.7 Å². The van der Waals surface area contributed by atoms with Crippen LogP contribution in [0, 0.1) is 0 Å². The first-order chi connectivity index (χ1) is 15.6. The van der Waals surface area contributed by atoms with Crippen LogP contribution in [0.4, 0.5) is 5.69 Å². The van der Waals surface area contributed by atoms with Crippen LogP contribution < -0.4 is 10.1 Å². The number of nitrogens with zero attached hydrogens (tertiary/aromatic N) is 3. The molecule has 0 unspecified atom stereocenters. The van der Waals surface area contributed by atoms with Gasteiger partial charge in [-0.25, -0.2) is 0 Å². The molecule has 1 N–H and O–H groups in total. The Kier molecular flexibility index (Phi) is 7.24. The van der Waals surface area contributed by atoms with Gasteiger partial charge in [0.15, 0.2) is 11.0 Å². The molecule has 0 spiro atoms. The molecule has 32 heavy (non-hydrogen) atoms. The van der Waals surface area contributed by atoms with Gasteiger partial charge < -0.3 is 10.1 Å². The molecule has 6 nitrogen and oxygen atoms in total. The number of fused-ring (bicyclic) bond motifs is 1. The zero-order valence-corrected chi connectivity index (χ0v) is 19.6. The number of allylic oxidation sites excluding steroid dienone is 1. The minimum atomic E-state index is -0.112. The Morgan fingerprint density at radius 1 is 1.09 bits per heavy atom. The van der Waals surface area contributed by atoms with E-state index in [1.54, 1.807) is 6.08 Å². The Labute approximate surface area is 198 Å². The summed E-state index contributed by atoms with van der Waals surface area (Å²) in [6.07, 6.45) is 1.77. The van der Waals surface area contributed by atoms with Gasteiger partial charge in [-0.1, -0.05) is 64.1 Å². The quantitative estimate of drug-likeness (QED) is 0.232. The summed E-state index contributed by atoms with van der Waals surface area (Å²) in [5, 5.41) is 14.3. The monoisotopic (exact) mass is 508 g/mol. The van der Waals surface area contributed by atoms with Gasteiger partial charge in [0, 0.05) is 16.7 Å². The molecule has 3 aromatic carbocycles. The Morgan fingerprint density at radius 3 is 2.66 bits per heavy atom. The lowest BCUT2D eigenvalue weighted by Gasteiger charge is -2.10. The number of rotatable bonds is 9. The molecule has 0 bridgehead atoms. The van der Waals surface area contributed by atoms with E-state index in [2.05, 4.69) is 50.2 Å². The van der Waals surface area contributed by atoms with Crippen molar-refractivity contribution in [1.82, 2.24) is 14.8 Å². The number of thioether (sulfide) groups is 1. The average Bonchev–Trinajstić information content (AvgIpc) is 3.19. The number of anilines is 1. The van der Waals surface area contributed by atoms with Crippen LogP contribution in [0.15, 0.2) is 89.0 Å². The fourth-order valence-corrected chi connectivity index (χ4v) is 4.14. The molecular formula is C24H21BrN4O2S. The van der Waals surface area contributed by atoms with Gasteiger partial charge >= 0.3 is 0 Å². The number of hydrogen-bond acceptors (Lipinski definition) is 5. The van der Waals surface area contributed by atoms with Crippen molar-refractivity contribution in [2.75, 3.05) is 11.1 Å². The molecular weight excluding hydrogens is 488 g/mol. The molecule has 0 fully saturated rings. The minimum absolute atomic E-state index is 0.112. The number of aromatic nitrogens is 3.